The molecule has 1 aromatic carbocycles. The van der Waals surface area contributed by atoms with Crippen LogP contribution in [0.1, 0.15) is 29.8 Å². The Labute approximate surface area is 98.6 Å². The van der Waals surface area contributed by atoms with Crippen molar-refractivity contribution in [1.29, 1.82) is 0 Å². The molecule has 4 heteroatoms. The summed E-state index contributed by atoms with van der Waals surface area (Å²) in [4.78, 5) is 11.2. The Morgan fingerprint density at radius 2 is 2.20 bits per heavy atom. The van der Waals surface area contributed by atoms with Crippen LogP contribution in [0.3, 0.4) is 0 Å². The van der Waals surface area contributed by atoms with E-state index in [0.717, 1.165) is 11.3 Å². The molecule has 15 heavy (non-hydrogen) atoms. The predicted molar refractivity (Wildman–Crippen MR) is 65.0 cm³/mol. The van der Waals surface area contributed by atoms with Gasteiger partial charge < -0.3 is 5.11 Å². The van der Waals surface area contributed by atoms with Crippen LogP contribution in [0, 0.1) is 0 Å². The van der Waals surface area contributed by atoms with Crippen LogP contribution in [0.4, 0.5) is 0 Å². The number of rotatable bonds is 4. The molecule has 0 aliphatic rings. The highest BCUT2D eigenvalue weighted by atomic mass is 35.5. The summed E-state index contributed by atoms with van der Waals surface area (Å²) in [6.45, 7) is 3.46. The van der Waals surface area contributed by atoms with Crippen LogP contribution in [0.2, 0.25) is 5.02 Å². The highest BCUT2D eigenvalue weighted by Gasteiger charge is 2.12. The summed E-state index contributed by atoms with van der Waals surface area (Å²) in [5.41, 5.74) is 1.02. The molecule has 0 saturated carbocycles. The van der Waals surface area contributed by atoms with Gasteiger partial charge in [0, 0.05) is 16.3 Å². The molecule has 0 heterocycles. The van der Waals surface area contributed by atoms with Gasteiger partial charge in [0.1, 0.15) is 5.75 Å². The van der Waals surface area contributed by atoms with E-state index in [1.165, 1.54) is 13.0 Å². The van der Waals surface area contributed by atoms with Gasteiger partial charge in [-0.25, -0.2) is 0 Å². The Balaban J connectivity index is 3.10. The number of carbonyl (C=O) groups is 1. The lowest BCUT2D eigenvalue weighted by atomic mass is 10.1. The monoisotopic (exact) mass is 244 g/mol. The fourth-order valence-electron chi connectivity index (χ4n) is 1.25. The summed E-state index contributed by atoms with van der Waals surface area (Å²) >= 11 is 7.55. The maximum absolute atomic E-state index is 11.2. The minimum atomic E-state index is -0.169. The molecule has 1 aromatic rings. The Hall–Kier alpha value is -0.670. The molecular formula is C11H13ClO2S. The minimum absolute atomic E-state index is 0.0628. The summed E-state index contributed by atoms with van der Waals surface area (Å²) in [5, 5.41) is 10.3. The van der Waals surface area contributed by atoms with E-state index >= 15 is 0 Å². The van der Waals surface area contributed by atoms with Crippen LogP contribution in [-0.2, 0) is 5.75 Å². The maximum Gasteiger partial charge on any atom is 0.163 e. The molecule has 0 aliphatic carbocycles. The van der Waals surface area contributed by atoms with Crippen molar-refractivity contribution in [3.05, 3.63) is 28.3 Å². The van der Waals surface area contributed by atoms with E-state index in [1.54, 1.807) is 17.8 Å². The lowest BCUT2D eigenvalue weighted by molar-refractivity contribution is 0.101. The normalized spacial score (nSPS) is 10.3. The Morgan fingerprint density at radius 1 is 1.53 bits per heavy atom. The molecule has 0 unspecified atom stereocenters. The minimum Gasteiger partial charge on any atom is -0.507 e. The molecule has 0 bridgehead atoms. The first-order valence-electron chi connectivity index (χ1n) is 4.66. The molecule has 0 aliphatic heterocycles. The Kier molecular flexibility index (Phi) is 4.48. The maximum atomic E-state index is 11.2. The van der Waals surface area contributed by atoms with Crippen LogP contribution in [-0.4, -0.2) is 16.6 Å². The molecule has 2 nitrogen and oxygen atoms in total. The molecular weight excluding hydrogens is 232 g/mol. The number of thioether (sulfide) groups is 1. The number of phenols is 1. The van der Waals surface area contributed by atoms with Gasteiger partial charge in [-0.2, -0.15) is 11.8 Å². The van der Waals surface area contributed by atoms with Gasteiger partial charge in [-0.1, -0.05) is 18.5 Å². The first-order valence-corrected chi connectivity index (χ1v) is 6.19. The molecule has 0 atom stereocenters. The van der Waals surface area contributed by atoms with Crippen LogP contribution < -0.4 is 0 Å². The number of carbonyl (C=O) groups excluding carboxylic acids is 1. The Bertz CT molecular complexity index is 377. The quantitative estimate of drug-likeness (QED) is 0.824. The van der Waals surface area contributed by atoms with E-state index in [2.05, 4.69) is 0 Å². The largest absolute Gasteiger partial charge is 0.507 e. The highest BCUT2D eigenvalue weighted by molar-refractivity contribution is 7.98. The van der Waals surface area contributed by atoms with Crippen molar-refractivity contribution in [3.8, 4) is 5.75 Å². The van der Waals surface area contributed by atoms with Crippen LogP contribution in [0.5, 0.6) is 5.75 Å². The third-order valence-corrected chi connectivity index (χ3v) is 3.14. The lowest BCUT2D eigenvalue weighted by Crippen LogP contribution is -1.96. The van der Waals surface area contributed by atoms with E-state index in [4.69, 9.17) is 11.6 Å². The Morgan fingerprint density at radius 3 is 2.73 bits per heavy atom. The molecule has 0 amide bonds. The van der Waals surface area contributed by atoms with Crippen LogP contribution in [0.25, 0.3) is 0 Å². The number of phenolic OH excluding ortho intramolecular Hbond substituents is 1. The number of halogens is 1. The van der Waals surface area contributed by atoms with Gasteiger partial charge in [0.2, 0.25) is 0 Å². The van der Waals surface area contributed by atoms with Crippen LogP contribution >= 0.6 is 23.4 Å². The van der Waals surface area contributed by atoms with Crippen molar-refractivity contribution in [3.63, 3.8) is 0 Å². The molecule has 0 spiro atoms. The van der Waals surface area contributed by atoms with Crippen molar-refractivity contribution < 1.29 is 9.90 Å². The van der Waals surface area contributed by atoms with Crippen molar-refractivity contribution in [1.82, 2.24) is 0 Å². The van der Waals surface area contributed by atoms with E-state index in [-0.39, 0.29) is 11.5 Å². The zero-order valence-corrected chi connectivity index (χ0v) is 10.3. The van der Waals surface area contributed by atoms with E-state index in [1.807, 2.05) is 6.92 Å². The van der Waals surface area contributed by atoms with Gasteiger partial charge >= 0.3 is 0 Å². The van der Waals surface area contributed by atoms with Crippen molar-refractivity contribution >= 4 is 29.1 Å². The number of hydrogen-bond donors (Lipinski definition) is 1. The molecule has 0 saturated heterocycles. The first kappa shape index (κ1) is 12.4. The van der Waals surface area contributed by atoms with Gasteiger partial charge in [0.05, 0.1) is 5.56 Å². The van der Waals surface area contributed by atoms with E-state index in [9.17, 15) is 9.90 Å². The number of aromatic hydroxyl groups is 1. The lowest BCUT2D eigenvalue weighted by Gasteiger charge is -2.08. The number of ketones is 1. The van der Waals surface area contributed by atoms with Gasteiger partial charge in [-0.15, -0.1) is 0 Å². The van der Waals surface area contributed by atoms with Crippen LogP contribution in [0.15, 0.2) is 12.1 Å². The fourth-order valence-corrected chi connectivity index (χ4v) is 2.13. The summed E-state index contributed by atoms with van der Waals surface area (Å²) in [5.74, 6) is 1.52. The molecule has 1 N–H and O–H groups in total. The first-order chi connectivity index (χ1) is 7.06. The molecule has 0 radical (unpaired) electrons. The van der Waals surface area contributed by atoms with Gasteiger partial charge in [0.15, 0.2) is 5.78 Å². The molecule has 1 rings (SSSR count). The highest BCUT2D eigenvalue weighted by Crippen LogP contribution is 2.30. The SMILES string of the molecule is CCSCc1cc(Cl)cc(C(C)=O)c1O. The van der Waals surface area contributed by atoms with Crippen molar-refractivity contribution in [2.45, 2.75) is 19.6 Å². The van der Waals surface area contributed by atoms with Gasteiger partial charge in [-0.3, -0.25) is 4.79 Å². The zero-order valence-electron chi connectivity index (χ0n) is 8.71. The predicted octanol–water partition coefficient (Wildman–Crippen LogP) is 3.50. The van der Waals surface area contributed by atoms with Gasteiger partial charge in [0.25, 0.3) is 0 Å². The molecule has 0 aromatic heterocycles. The molecule has 82 valence electrons. The second-order valence-corrected chi connectivity index (χ2v) is 4.87. The standard InChI is InChI=1S/C11H13ClO2S/c1-3-15-6-8-4-9(12)5-10(7(2)13)11(8)14/h4-5,14H,3,6H2,1-2H3. The third-order valence-electron chi connectivity index (χ3n) is 1.99. The van der Waals surface area contributed by atoms with E-state index in [0.29, 0.717) is 16.3 Å². The third kappa shape index (κ3) is 3.14. The average Bonchev–Trinajstić information content (AvgIpc) is 2.18. The zero-order chi connectivity index (χ0) is 11.4. The average molecular weight is 245 g/mol. The summed E-state index contributed by atoms with van der Waals surface area (Å²) in [6.07, 6.45) is 0. The summed E-state index contributed by atoms with van der Waals surface area (Å²) in [6, 6.07) is 3.20. The van der Waals surface area contributed by atoms with E-state index < -0.39 is 0 Å². The second-order valence-electron chi connectivity index (χ2n) is 3.15. The fraction of sp³-hybridized carbons (Fsp3) is 0.364. The summed E-state index contributed by atoms with van der Waals surface area (Å²) < 4.78 is 0. The number of benzene rings is 1. The summed E-state index contributed by atoms with van der Waals surface area (Å²) in [7, 11) is 0. The van der Waals surface area contributed by atoms with Crippen molar-refractivity contribution in [2.75, 3.05) is 5.75 Å². The molecule has 0 fully saturated rings. The smallest absolute Gasteiger partial charge is 0.163 e. The van der Waals surface area contributed by atoms with Gasteiger partial charge in [-0.05, 0) is 24.8 Å². The second kappa shape index (κ2) is 5.42. The van der Waals surface area contributed by atoms with Crippen molar-refractivity contribution in [2.24, 2.45) is 0 Å². The number of Topliss-reactive ketones (excluding diaryl/α,β-unsaturated/α-hetero) is 1. The topological polar surface area (TPSA) is 37.3 Å². The number of hydrogen-bond acceptors (Lipinski definition) is 3.